The summed E-state index contributed by atoms with van der Waals surface area (Å²) in [6, 6.07) is 6.00. The summed E-state index contributed by atoms with van der Waals surface area (Å²) >= 11 is 0. The van der Waals surface area contributed by atoms with Crippen LogP contribution in [0.1, 0.15) is 41.2 Å². The second-order valence-electron chi connectivity index (χ2n) is 9.03. The summed E-state index contributed by atoms with van der Waals surface area (Å²) in [5, 5.41) is 13.2. The number of hydrogen-bond donors (Lipinski definition) is 2. The summed E-state index contributed by atoms with van der Waals surface area (Å²) in [6.45, 7) is 8.05. The van der Waals surface area contributed by atoms with Crippen molar-refractivity contribution in [1.29, 1.82) is 0 Å². The van der Waals surface area contributed by atoms with Crippen LogP contribution in [0, 0.1) is 5.82 Å². The maximum absolute atomic E-state index is 13.0. The number of piperazine rings is 1. The van der Waals surface area contributed by atoms with Crippen molar-refractivity contribution in [2.75, 3.05) is 52.4 Å². The average molecular weight is 460 g/mol. The molecule has 3 heterocycles. The SMILES string of the molecule is O=C(NCc1ccc(F)cc1)c1coc(CN2CCN(CC(O)CN3CCCCC3)CC2)n1. The molecule has 8 nitrogen and oxygen atoms in total. The zero-order valence-corrected chi connectivity index (χ0v) is 19.1. The van der Waals surface area contributed by atoms with Crippen LogP contribution in [0.3, 0.4) is 0 Å². The van der Waals surface area contributed by atoms with Gasteiger partial charge in [0.15, 0.2) is 5.69 Å². The van der Waals surface area contributed by atoms with Crippen LogP contribution in [-0.2, 0) is 13.1 Å². The second kappa shape index (κ2) is 11.7. The van der Waals surface area contributed by atoms with Crippen molar-refractivity contribution in [3.05, 3.63) is 53.5 Å². The summed E-state index contributed by atoms with van der Waals surface area (Å²) < 4.78 is 18.5. The van der Waals surface area contributed by atoms with Crippen LogP contribution in [0.15, 0.2) is 34.9 Å². The van der Waals surface area contributed by atoms with E-state index in [9.17, 15) is 14.3 Å². The van der Waals surface area contributed by atoms with E-state index in [0.717, 1.165) is 51.4 Å². The predicted molar refractivity (Wildman–Crippen MR) is 122 cm³/mol. The van der Waals surface area contributed by atoms with Crippen molar-refractivity contribution < 1.29 is 18.7 Å². The summed E-state index contributed by atoms with van der Waals surface area (Å²) in [5.74, 6) is -0.108. The van der Waals surface area contributed by atoms with Gasteiger partial charge in [-0.2, -0.15) is 0 Å². The first kappa shape index (κ1) is 23.8. The maximum atomic E-state index is 13.0. The molecule has 0 saturated carbocycles. The molecule has 180 valence electrons. The summed E-state index contributed by atoms with van der Waals surface area (Å²) in [6.07, 6.45) is 4.86. The molecule has 2 aliphatic rings. The van der Waals surface area contributed by atoms with E-state index in [1.807, 2.05) is 0 Å². The van der Waals surface area contributed by atoms with Gasteiger partial charge in [0.25, 0.3) is 5.91 Å². The predicted octanol–water partition coefficient (Wildman–Crippen LogP) is 1.71. The Morgan fingerprint density at radius 2 is 1.64 bits per heavy atom. The first-order chi connectivity index (χ1) is 16.0. The third-order valence-electron chi connectivity index (χ3n) is 6.36. The number of rotatable bonds is 9. The lowest BCUT2D eigenvalue weighted by molar-refractivity contribution is 0.0434. The molecule has 2 aliphatic heterocycles. The zero-order chi connectivity index (χ0) is 23.0. The van der Waals surface area contributed by atoms with Crippen LogP contribution in [0.2, 0.25) is 0 Å². The van der Waals surface area contributed by atoms with Crippen molar-refractivity contribution in [3.8, 4) is 0 Å². The molecule has 1 unspecified atom stereocenters. The molecule has 0 aliphatic carbocycles. The minimum Gasteiger partial charge on any atom is -0.447 e. The van der Waals surface area contributed by atoms with Gasteiger partial charge in [-0.15, -0.1) is 0 Å². The highest BCUT2D eigenvalue weighted by atomic mass is 19.1. The molecule has 4 rings (SSSR count). The molecule has 0 radical (unpaired) electrons. The van der Waals surface area contributed by atoms with Gasteiger partial charge in [-0.05, 0) is 43.6 Å². The van der Waals surface area contributed by atoms with Gasteiger partial charge in [-0.3, -0.25) is 14.6 Å². The van der Waals surface area contributed by atoms with Crippen molar-refractivity contribution >= 4 is 5.91 Å². The number of carbonyl (C=O) groups excluding carboxylic acids is 1. The number of aliphatic hydroxyl groups excluding tert-OH is 1. The largest absolute Gasteiger partial charge is 0.447 e. The standard InChI is InChI=1S/C24H34FN5O3/c25-20-6-4-19(5-7-20)14-26-24(32)22-18-33-23(27-22)17-30-12-10-29(11-13-30)16-21(31)15-28-8-2-1-3-9-28/h4-7,18,21,31H,1-3,8-17H2,(H,26,32). The third kappa shape index (κ3) is 7.33. The highest BCUT2D eigenvalue weighted by Crippen LogP contribution is 2.12. The number of β-amino-alcohol motifs (C(OH)–C–C–N with tert-alkyl or cyclic N) is 1. The summed E-state index contributed by atoms with van der Waals surface area (Å²) in [4.78, 5) is 23.6. The number of likely N-dealkylation sites (tertiary alicyclic amines) is 1. The number of amides is 1. The van der Waals surface area contributed by atoms with E-state index in [1.165, 1.54) is 37.7 Å². The van der Waals surface area contributed by atoms with Gasteiger partial charge < -0.3 is 19.7 Å². The highest BCUT2D eigenvalue weighted by Gasteiger charge is 2.22. The Bertz CT molecular complexity index is 876. The Morgan fingerprint density at radius 1 is 1.00 bits per heavy atom. The molecule has 2 fully saturated rings. The zero-order valence-electron chi connectivity index (χ0n) is 19.1. The molecule has 1 amide bonds. The van der Waals surface area contributed by atoms with E-state index in [4.69, 9.17) is 4.42 Å². The number of carbonyl (C=O) groups is 1. The molecule has 9 heteroatoms. The van der Waals surface area contributed by atoms with E-state index in [2.05, 4.69) is 25.0 Å². The van der Waals surface area contributed by atoms with Crippen molar-refractivity contribution in [2.45, 2.75) is 38.5 Å². The van der Waals surface area contributed by atoms with E-state index in [-0.39, 0.29) is 23.5 Å². The first-order valence-electron chi connectivity index (χ1n) is 11.9. The van der Waals surface area contributed by atoms with Gasteiger partial charge in [0.1, 0.15) is 12.1 Å². The lowest BCUT2D eigenvalue weighted by Gasteiger charge is -2.36. The van der Waals surface area contributed by atoms with Crippen LogP contribution in [0.5, 0.6) is 0 Å². The summed E-state index contributed by atoms with van der Waals surface area (Å²) in [5.41, 5.74) is 1.05. The molecule has 0 spiro atoms. The fraction of sp³-hybridized carbons (Fsp3) is 0.583. The molecule has 2 saturated heterocycles. The number of aliphatic hydroxyl groups is 1. The van der Waals surface area contributed by atoms with Crippen LogP contribution < -0.4 is 5.32 Å². The van der Waals surface area contributed by atoms with E-state index >= 15 is 0 Å². The Kier molecular flexibility index (Phi) is 8.44. The Morgan fingerprint density at radius 3 is 2.33 bits per heavy atom. The minimum atomic E-state index is -0.318. The lowest BCUT2D eigenvalue weighted by Crippen LogP contribution is -2.50. The fourth-order valence-corrected chi connectivity index (χ4v) is 4.48. The number of oxazole rings is 1. The van der Waals surface area contributed by atoms with Crippen LogP contribution in [0.4, 0.5) is 4.39 Å². The van der Waals surface area contributed by atoms with Gasteiger partial charge in [0, 0.05) is 45.8 Å². The third-order valence-corrected chi connectivity index (χ3v) is 6.36. The van der Waals surface area contributed by atoms with E-state index in [1.54, 1.807) is 12.1 Å². The lowest BCUT2D eigenvalue weighted by atomic mass is 10.1. The van der Waals surface area contributed by atoms with Gasteiger partial charge in [0.2, 0.25) is 5.89 Å². The van der Waals surface area contributed by atoms with E-state index in [0.29, 0.717) is 25.5 Å². The van der Waals surface area contributed by atoms with Crippen LogP contribution in [-0.4, -0.2) is 89.2 Å². The number of nitrogens with zero attached hydrogens (tertiary/aromatic N) is 4. The monoisotopic (exact) mass is 459 g/mol. The number of piperidine rings is 1. The van der Waals surface area contributed by atoms with Crippen molar-refractivity contribution in [1.82, 2.24) is 25.0 Å². The smallest absolute Gasteiger partial charge is 0.273 e. The molecule has 2 N–H and O–H groups in total. The minimum absolute atomic E-state index is 0.242. The van der Waals surface area contributed by atoms with Crippen molar-refractivity contribution in [2.24, 2.45) is 0 Å². The molecule has 1 aromatic heterocycles. The van der Waals surface area contributed by atoms with E-state index < -0.39 is 0 Å². The Hall–Kier alpha value is -2.33. The van der Waals surface area contributed by atoms with Crippen LogP contribution >= 0.6 is 0 Å². The number of hydrogen-bond acceptors (Lipinski definition) is 7. The van der Waals surface area contributed by atoms with Gasteiger partial charge in [0.05, 0.1) is 12.6 Å². The molecule has 0 bridgehead atoms. The first-order valence-corrected chi connectivity index (χ1v) is 11.9. The normalized spacial score (nSPS) is 19.5. The molecular formula is C24H34FN5O3. The molecule has 33 heavy (non-hydrogen) atoms. The summed E-state index contributed by atoms with van der Waals surface area (Å²) in [7, 11) is 0. The fourth-order valence-electron chi connectivity index (χ4n) is 4.48. The highest BCUT2D eigenvalue weighted by molar-refractivity contribution is 5.91. The number of aromatic nitrogens is 1. The molecule has 2 aromatic rings. The molecule has 1 aromatic carbocycles. The topological polar surface area (TPSA) is 85.1 Å². The van der Waals surface area contributed by atoms with Gasteiger partial charge >= 0.3 is 0 Å². The second-order valence-corrected chi connectivity index (χ2v) is 9.03. The van der Waals surface area contributed by atoms with Crippen molar-refractivity contribution in [3.63, 3.8) is 0 Å². The van der Waals surface area contributed by atoms with Crippen LogP contribution in [0.25, 0.3) is 0 Å². The number of nitrogens with one attached hydrogen (secondary N) is 1. The quantitative estimate of drug-likeness (QED) is 0.591. The average Bonchev–Trinajstić information content (AvgIpc) is 3.29. The molecule has 1 atom stereocenters. The Balaban J connectivity index is 1.16. The number of halogens is 1. The number of benzene rings is 1. The van der Waals surface area contributed by atoms with Gasteiger partial charge in [-0.1, -0.05) is 18.6 Å². The molecular weight excluding hydrogens is 425 g/mol. The Labute approximate surface area is 194 Å². The maximum Gasteiger partial charge on any atom is 0.273 e. The van der Waals surface area contributed by atoms with Gasteiger partial charge in [-0.25, -0.2) is 9.37 Å².